The van der Waals surface area contributed by atoms with Crippen LogP contribution in [0.4, 0.5) is 9.18 Å². The zero-order valence-electron chi connectivity index (χ0n) is 16.2. The lowest BCUT2D eigenvalue weighted by atomic mass is 10.2. The Hall–Kier alpha value is -3.72. The van der Waals surface area contributed by atoms with Crippen LogP contribution in [-0.4, -0.2) is 44.8 Å². The predicted molar refractivity (Wildman–Crippen MR) is 115 cm³/mol. The van der Waals surface area contributed by atoms with E-state index in [9.17, 15) is 18.8 Å². The first kappa shape index (κ1) is 20.5. The van der Waals surface area contributed by atoms with Crippen LogP contribution >= 0.6 is 11.8 Å². The highest BCUT2D eigenvalue weighted by atomic mass is 32.2. The number of hydrogen-bond acceptors (Lipinski definition) is 5. The minimum absolute atomic E-state index is 0.0488. The van der Waals surface area contributed by atoms with E-state index in [2.05, 4.69) is 10.4 Å². The van der Waals surface area contributed by atoms with Gasteiger partial charge in [0.1, 0.15) is 5.82 Å². The minimum atomic E-state index is -0.457. The fourth-order valence-corrected chi connectivity index (χ4v) is 3.84. The zero-order valence-corrected chi connectivity index (χ0v) is 17.0. The van der Waals surface area contributed by atoms with Gasteiger partial charge in [-0.2, -0.15) is 5.10 Å². The highest BCUT2D eigenvalue weighted by Gasteiger charge is 2.34. The maximum atomic E-state index is 13.4. The van der Waals surface area contributed by atoms with E-state index in [4.69, 9.17) is 0 Å². The van der Waals surface area contributed by atoms with Gasteiger partial charge >= 0.3 is 0 Å². The molecule has 0 aliphatic carbocycles. The van der Waals surface area contributed by atoms with E-state index in [1.807, 2.05) is 30.3 Å². The standard InChI is InChI=1S/C22H17FN4O3S/c23-16-7-4-8-17(14-16)27-11-9-18(25-27)20(28)24-10-12-26-21(29)19(31-22(26)30)13-15-5-2-1-3-6-15/h1-9,11,13-14H,10,12H2,(H,24,28)/b19-13+. The Kier molecular flexibility index (Phi) is 5.94. The molecule has 3 amide bonds. The Morgan fingerprint density at radius 1 is 1.10 bits per heavy atom. The summed E-state index contributed by atoms with van der Waals surface area (Å²) in [6, 6.07) is 16.6. The lowest BCUT2D eigenvalue weighted by Crippen LogP contribution is -2.37. The van der Waals surface area contributed by atoms with Gasteiger partial charge in [-0.1, -0.05) is 36.4 Å². The summed E-state index contributed by atoms with van der Waals surface area (Å²) in [5.41, 5.74) is 1.46. The number of hydrogen-bond donors (Lipinski definition) is 1. The van der Waals surface area contributed by atoms with Gasteiger partial charge in [0, 0.05) is 19.3 Å². The largest absolute Gasteiger partial charge is 0.349 e. The van der Waals surface area contributed by atoms with Crippen molar-refractivity contribution in [1.29, 1.82) is 0 Å². The molecule has 0 bridgehead atoms. The van der Waals surface area contributed by atoms with E-state index in [0.29, 0.717) is 10.6 Å². The van der Waals surface area contributed by atoms with Crippen LogP contribution in [0.15, 0.2) is 71.8 Å². The summed E-state index contributed by atoms with van der Waals surface area (Å²) < 4.78 is 14.8. The molecule has 1 aliphatic rings. The molecule has 31 heavy (non-hydrogen) atoms. The number of amides is 3. The quantitative estimate of drug-likeness (QED) is 0.598. The van der Waals surface area contributed by atoms with E-state index >= 15 is 0 Å². The Labute approximate surface area is 181 Å². The first-order valence-corrected chi connectivity index (χ1v) is 10.2. The number of rotatable bonds is 6. The van der Waals surface area contributed by atoms with Crippen molar-refractivity contribution in [2.75, 3.05) is 13.1 Å². The summed E-state index contributed by atoms with van der Waals surface area (Å²) in [6.45, 7) is 0.134. The molecule has 0 atom stereocenters. The summed E-state index contributed by atoms with van der Waals surface area (Å²) in [7, 11) is 0. The second kappa shape index (κ2) is 8.97. The van der Waals surface area contributed by atoms with Crippen LogP contribution in [0.1, 0.15) is 16.1 Å². The lowest BCUT2D eigenvalue weighted by Gasteiger charge is -2.12. The average Bonchev–Trinajstić information content (AvgIpc) is 3.36. The smallest absolute Gasteiger partial charge is 0.293 e. The van der Waals surface area contributed by atoms with Crippen molar-refractivity contribution in [3.05, 3.63) is 88.8 Å². The number of nitrogens with one attached hydrogen (secondary N) is 1. The van der Waals surface area contributed by atoms with Crippen molar-refractivity contribution in [3.63, 3.8) is 0 Å². The van der Waals surface area contributed by atoms with Crippen LogP contribution in [0.5, 0.6) is 0 Å². The fourth-order valence-electron chi connectivity index (χ4n) is 2.97. The molecule has 9 heteroatoms. The van der Waals surface area contributed by atoms with Crippen LogP contribution in [0, 0.1) is 5.82 Å². The van der Waals surface area contributed by atoms with Gasteiger partial charge < -0.3 is 5.32 Å². The summed E-state index contributed by atoms with van der Waals surface area (Å²) in [6.07, 6.45) is 3.22. The molecule has 0 spiro atoms. The van der Waals surface area contributed by atoms with E-state index in [1.165, 1.54) is 22.9 Å². The third kappa shape index (κ3) is 4.72. The maximum Gasteiger partial charge on any atom is 0.293 e. The molecule has 1 aromatic heterocycles. The van der Waals surface area contributed by atoms with Gasteiger partial charge in [0.25, 0.3) is 17.1 Å². The predicted octanol–water partition coefficient (Wildman–Crippen LogP) is 3.48. The topological polar surface area (TPSA) is 84.3 Å². The van der Waals surface area contributed by atoms with Crippen molar-refractivity contribution in [3.8, 4) is 5.69 Å². The SMILES string of the molecule is O=C(NCCN1C(=O)S/C(=C/c2ccccc2)C1=O)c1ccn(-c2cccc(F)c2)n1. The number of carbonyl (C=O) groups is 3. The van der Waals surface area contributed by atoms with E-state index in [-0.39, 0.29) is 29.9 Å². The number of carbonyl (C=O) groups excluding carboxylic acids is 3. The fraction of sp³-hybridized carbons (Fsp3) is 0.0909. The molecule has 0 radical (unpaired) electrons. The molecule has 1 saturated heterocycles. The molecular formula is C22H17FN4O3S. The highest BCUT2D eigenvalue weighted by molar-refractivity contribution is 8.18. The van der Waals surface area contributed by atoms with Crippen LogP contribution in [0.2, 0.25) is 0 Å². The summed E-state index contributed by atoms with van der Waals surface area (Å²) in [5.74, 6) is -1.25. The van der Waals surface area contributed by atoms with Crippen molar-refractivity contribution in [1.82, 2.24) is 20.0 Å². The van der Waals surface area contributed by atoms with E-state index in [0.717, 1.165) is 22.2 Å². The summed E-state index contributed by atoms with van der Waals surface area (Å²) >= 11 is 0.873. The molecule has 156 valence electrons. The van der Waals surface area contributed by atoms with Gasteiger partial charge in [-0.05, 0) is 47.7 Å². The second-order valence-electron chi connectivity index (χ2n) is 6.63. The highest BCUT2D eigenvalue weighted by Crippen LogP contribution is 2.31. The van der Waals surface area contributed by atoms with Gasteiger partial charge in [0.2, 0.25) is 0 Å². The summed E-state index contributed by atoms with van der Waals surface area (Å²) in [5, 5.41) is 6.40. The molecule has 7 nitrogen and oxygen atoms in total. The number of halogens is 1. The van der Waals surface area contributed by atoms with Gasteiger partial charge in [-0.25, -0.2) is 9.07 Å². The number of benzene rings is 2. The molecule has 2 heterocycles. The molecule has 3 aromatic rings. The number of aromatic nitrogens is 2. The van der Waals surface area contributed by atoms with Crippen molar-refractivity contribution < 1.29 is 18.8 Å². The minimum Gasteiger partial charge on any atom is -0.349 e. The van der Waals surface area contributed by atoms with Crippen molar-refractivity contribution >= 4 is 34.9 Å². The van der Waals surface area contributed by atoms with E-state index < -0.39 is 11.7 Å². The van der Waals surface area contributed by atoms with Crippen molar-refractivity contribution in [2.24, 2.45) is 0 Å². The van der Waals surface area contributed by atoms with Gasteiger partial charge in [0.05, 0.1) is 10.6 Å². The third-order valence-corrected chi connectivity index (χ3v) is 5.39. The van der Waals surface area contributed by atoms with E-state index in [1.54, 1.807) is 24.4 Å². The molecule has 0 saturated carbocycles. The second-order valence-corrected chi connectivity index (χ2v) is 7.62. The Morgan fingerprint density at radius 3 is 2.68 bits per heavy atom. The Balaban J connectivity index is 1.34. The number of imide groups is 1. The summed E-state index contributed by atoms with van der Waals surface area (Å²) in [4.78, 5) is 38.5. The zero-order chi connectivity index (χ0) is 21.8. The Bertz CT molecular complexity index is 1180. The monoisotopic (exact) mass is 436 g/mol. The normalized spacial score (nSPS) is 15.0. The van der Waals surface area contributed by atoms with Crippen LogP contribution < -0.4 is 5.32 Å². The molecule has 4 rings (SSSR count). The Morgan fingerprint density at radius 2 is 1.90 bits per heavy atom. The van der Waals surface area contributed by atoms with Crippen molar-refractivity contribution in [2.45, 2.75) is 0 Å². The average molecular weight is 436 g/mol. The number of nitrogens with zero attached hydrogens (tertiary/aromatic N) is 3. The molecule has 1 aliphatic heterocycles. The molecule has 1 fully saturated rings. The van der Waals surface area contributed by atoms with Crippen LogP contribution in [0.25, 0.3) is 11.8 Å². The van der Waals surface area contributed by atoms with Crippen LogP contribution in [0.3, 0.4) is 0 Å². The number of thioether (sulfide) groups is 1. The molecule has 0 unspecified atom stereocenters. The molecule has 1 N–H and O–H groups in total. The van der Waals surface area contributed by atoms with Gasteiger partial charge in [-0.15, -0.1) is 0 Å². The van der Waals surface area contributed by atoms with Gasteiger partial charge in [-0.3, -0.25) is 19.3 Å². The lowest BCUT2D eigenvalue weighted by molar-refractivity contribution is -0.122. The molecular weight excluding hydrogens is 419 g/mol. The maximum absolute atomic E-state index is 13.4. The first-order valence-electron chi connectivity index (χ1n) is 9.41. The van der Waals surface area contributed by atoms with Gasteiger partial charge in [0.15, 0.2) is 5.69 Å². The first-order chi connectivity index (χ1) is 15.0. The third-order valence-electron chi connectivity index (χ3n) is 4.49. The molecule has 2 aromatic carbocycles. The van der Waals surface area contributed by atoms with Crippen LogP contribution in [-0.2, 0) is 4.79 Å².